The van der Waals surface area contributed by atoms with Crippen LogP contribution in [-0.4, -0.2) is 70.8 Å². The Balaban J connectivity index is 1.87. The lowest BCUT2D eigenvalue weighted by atomic mass is 9.99. The van der Waals surface area contributed by atoms with Crippen molar-refractivity contribution in [3.05, 3.63) is 35.9 Å². The van der Waals surface area contributed by atoms with Crippen molar-refractivity contribution < 1.29 is 39.4 Å². The average molecular weight is 468 g/mol. The maximum Gasteiger partial charge on any atom is 0.229 e. The molecule has 33 heavy (non-hydrogen) atoms. The zero-order chi connectivity index (χ0) is 24.4. The first-order valence-corrected chi connectivity index (χ1v) is 11.3. The van der Waals surface area contributed by atoms with Crippen molar-refractivity contribution in [3.8, 4) is 11.5 Å². The highest BCUT2D eigenvalue weighted by molar-refractivity contribution is 5.75. The van der Waals surface area contributed by atoms with Crippen LogP contribution in [-0.2, 0) is 16.1 Å². The summed E-state index contributed by atoms with van der Waals surface area (Å²) in [6.07, 6.45) is 0.646. The molecule has 1 saturated heterocycles. The van der Waals surface area contributed by atoms with Gasteiger partial charge in [-0.1, -0.05) is 32.1 Å². The van der Waals surface area contributed by atoms with Gasteiger partial charge >= 0.3 is 0 Å². The van der Waals surface area contributed by atoms with E-state index in [4.69, 9.17) is 14.2 Å². The van der Waals surface area contributed by atoms with Gasteiger partial charge in [-0.15, -0.1) is 0 Å². The van der Waals surface area contributed by atoms with Crippen LogP contribution < -0.4 is 14.8 Å². The van der Waals surface area contributed by atoms with E-state index in [1.807, 2.05) is 0 Å². The minimum absolute atomic E-state index is 0.0246. The molecule has 5 N–H and O–H groups in total. The fourth-order valence-electron chi connectivity index (χ4n) is 3.41. The first-order valence-electron chi connectivity index (χ1n) is 11.3. The smallest absolute Gasteiger partial charge is 0.229 e. The van der Waals surface area contributed by atoms with Crippen LogP contribution in [0.25, 0.3) is 0 Å². The third kappa shape index (κ3) is 8.28. The number of unbranched alkanes of at least 4 members (excludes halogenated alkanes) is 2. The maximum absolute atomic E-state index is 12.1. The molecule has 9 heteroatoms. The normalized spacial score (nSPS) is 25.4. The lowest BCUT2D eigenvalue weighted by Crippen LogP contribution is -2.60. The van der Waals surface area contributed by atoms with Gasteiger partial charge in [0, 0.05) is 13.0 Å². The second kappa shape index (κ2) is 13.5. The Morgan fingerprint density at radius 1 is 1.15 bits per heavy atom. The number of aliphatic hydroxyl groups excluding tert-OH is 4. The zero-order valence-electron chi connectivity index (χ0n) is 19.5. The molecule has 5 atom stereocenters. The van der Waals surface area contributed by atoms with Gasteiger partial charge in [0.1, 0.15) is 24.4 Å². The van der Waals surface area contributed by atoms with Crippen molar-refractivity contribution in [1.82, 2.24) is 5.32 Å². The third-order valence-electron chi connectivity index (χ3n) is 5.35. The molecule has 5 unspecified atom stereocenters. The monoisotopic (exact) mass is 467 g/mol. The molecule has 1 aliphatic heterocycles. The van der Waals surface area contributed by atoms with Gasteiger partial charge in [0.25, 0.3) is 0 Å². The van der Waals surface area contributed by atoms with Gasteiger partial charge in [0.15, 0.2) is 11.5 Å². The molecule has 1 fully saturated rings. The number of aliphatic hydroxyl groups is 4. The second-order valence-corrected chi connectivity index (χ2v) is 8.50. The van der Waals surface area contributed by atoms with Crippen molar-refractivity contribution in [2.45, 2.75) is 76.8 Å². The van der Waals surface area contributed by atoms with Gasteiger partial charge in [0.05, 0.1) is 13.7 Å². The number of carbonyl (C=O) groups excluding carboxylic acids is 1. The lowest BCUT2D eigenvalue weighted by molar-refractivity contribution is -0.277. The van der Waals surface area contributed by atoms with Gasteiger partial charge < -0.3 is 40.0 Å². The molecule has 1 aromatic rings. The number of ether oxygens (including phenoxy) is 3. The van der Waals surface area contributed by atoms with E-state index in [0.717, 1.165) is 24.8 Å². The molecular formula is C24H37NO8. The number of allylic oxidation sites excluding steroid dienone is 2. The summed E-state index contributed by atoms with van der Waals surface area (Å²) in [7, 11) is 1.45. The fraction of sp³-hybridized carbons (Fsp3) is 0.625. The predicted octanol–water partition coefficient (Wildman–Crippen LogP) is 1.26. The molecule has 0 radical (unpaired) electrons. The Kier molecular flexibility index (Phi) is 11.1. The molecule has 1 amide bonds. The molecule has 186 valence electrons. The number of carbonyl (C=O) groups is 1. The molecule has 0 saturated carbocycles. The largest absolute Gasteiger partial charge is 0.493 e. The van der Waals surface area contributed by atoms with Crippen LogP contribution in [0.2, 0.25) is 0 Å². The van der Waals surface area contributed by atoms with Gasteiger partial charge in [-0.05, 0) is 42.9 Å². The summed E-state index contributed by atoms with van der Waals surface area (Å²) in [5.74, 6) is 1.10. The first kappa shape index (κ1) is 27.1. The highest BCUT2D eigenvalue weighted by Gasteiger charge is 2.44. The number of rotatable bonds is 12. The van der Waals surface area contributed by atoms with E-state index >= 15 is 0 Å². The Morgan fingerprint density at radius 3 is 2.58 bits per heavy atom. The number of benzene rings is 1. The molecule has 0 aromatic heterocycles. The van der Waals surface area contributed by atoms with Crippen LogP contribution in [0.1, 0.15) is 45.1 Å². The SMILES string of the molecule is COc1cc(CNC(=O)CCCCC=CC(C)C)ccc1OC1OC(CO)C(O)C(O)C1O. The van der Waals surface area contributed by atoms with Crippen molar-refractivity contribution in [3.63, 3.8) is 0 Å². The van der Waals surface area contributed by atoms with Crippen molar-refractivity contribution >= 4 is 5.91 Å². The summed E-state index contributed by atoms with van der Waals surface area (Å²) >= 11 is 0. The van der Waals surface area contributed by atoms with Crippen LogP contribution in [0.5, 0.6) is 11.5 Å². The van der Waals surface area contributed by atoms with E-state index in [2.05, 4.69) is 31.3 Å². The predicted molar refractivity (Wildman–Crippen MR) is 122 cm³/mol. The molecule has 0 spiro atoms. The number of nitrogens with one attached hydrogen (secondary N) is 1. The quantitative estimate of drug-likeness (QED) is 0.229. The Hall–Kier alpha value is -2.17. The minimum atomic E-state index is -1.53. The fourth-order valence-corrected chi connectivity index (χ4v) is 3.41. The van der Waals surface area contributed by atoms with Crippen molar-refractivity contribution in [2.75, 3.05) is 13.7 Å². The van der Waals surface area contributed by atoms with Crippen LogP contribution in [0.3, 0.4) is 0 Å². The van der Waals surface area contributed by atoms with Crippen molar-refractivity contribution in [2.24, 2.45) is 5.92 Å². The van der Waals surface area contributed by atoms with Gasteiger partial charge in [-0.2, -0.15) is 0 Å². The molecule has 1 aromatic carbocycles. The van der Waals surface area contributed by atoms with Gasteiger partial charge in [-0.3, -0.25) is 4.79 Å². The van der Waals surface area contributed by atoms with E-state index in [0.29, 0.717) is 24.6 Å². The highest BCUT2D eigenvalue weighted by atomic mass is 16.7. The summed E-state index contributed by atoms with van der Waals surface area (Å²) < 4.78 is 16.4. The molecule has 2 rings (SSSR count). The standard InChI is InChI=1S/C24H37NO8/c1-15(2)8-6-4-5-7-9-20(27)25-13-16-10-11-17(18(12-16)31-3)32-24-23(30)22(29)21(28)19(14-26)33-24/h6,8,10-12,15,19,21-24,26,28-30H,4-5,7,9,13-14H2,1-3H3,(H,25,27). The summed E-state index contributed by atoms with van der Waals surface area (Å²) in [6, 6.07) is 5.03. The van der Waals surface area contributed by atoms with E-state index < -0.39 is 37.3 Å². The topological polar surface area (TPSA) is 138 Å². The Morgan fingerprint density at radius 2 is 1.91 bits per heavy atom. The van der Waals surface area contributed by atoms with E-state index in [-0.39, 0.29) is 11.7 Å². The summed E-state index contributed by atoms with van der Waals surface area (Å²) in [4.78, 5) is 12.1. The number of hydrogen-bond donors (Lipinski definition) is 5. The Bertz CT molecular complexity index is 767. The molecule has 0 bridgehead atoms. The second-order valence-electron chi connectivity index (χ2n) is 8.50. The Labute approximate surface area is 195 Å². The van der Waals surface area contributed by atoms with Crippen LogP contribution in [0.15, 0.2) is 30.4 Å². The highest BCUT2D eigenvalue weighted by Crippen LogP contribution is 2.32. The van der Waals surface area contributed by atoms with E-state index in [1.165, 1.54) is 7.11 Å². The number of methoxy groups -OCH3 is 1. The zero-order valence-corrected chi connectivity index (χ0v) is 19.5. The van der Waals surface area contributed by atoms with Crippen LogP contribution in [0, 0.1) is 5.92 Å². The number of amides is 1. The van der Waals surface area contributed by atoms with Crippen molar-refractivity contribution in [1.29, 1.82) is 0 Å². The molecular weight excluding hydrogens is 430 g/mol. The minimum Gasteiger partial charge on any atom is -0.493 e. The molecule has 1 aliphatic rings. The third-order valence-corrected chi connectivity index (χ3v) is 5.35. The summed E-state index contributed by atoms with van der Waals surface area (Å²) in [5.41, 5.74) is 0.793. The van der Waals surface area contributed by atoms with Gasteiger partial charge in [-0.25, -0.2) is 0 Å². The van der Waals surface area contributed by atoms with Gasteiger partial charge in [0.2, 0.25) is 12.2 Å². The number of hydrogen-bond acceptors (Lipinski definition) is 8. The van der Waals surface area contributed by atoms with E-state index in [1.54, 1.807) is 18.2 Å². The first-order chi connectivity index (χ1) is 15.8. The molecule has 9 nitrogen and oxygen atoms in total. The van der Waals surface area contributed by atoms with E-state index in [9.17, 15) is 25.2 Å². The lowest BCUT2D eigenvalue weighted by Gasteiger charge is -2.39. The molecule has 1 heterocycles. The average Bonchev–Trinajstić information content (AvgIpc) is 2.80. The maximum atomic E-state index is 12.1. The van der Waals surface area contributed by atoms with Crippen LogP contribution in [0.4, 0.5) is 0 Å². The molecule has 0 aliphatic carbocycles. The summed E-state index contributed by atoms with van der Waals surface area (Å²) in [6.45, 7) is 4.04. The van der Waals surface area contributed by atoms with Crippen LogP contribution >= 0.6 is 0 Å². The summed E-state index contributed by atoms with van der Waals surface area (Å²) in [5, 5.41) is 42.1.